The zero-order valence-corrected chi connectivity index (χ0v) is 11.3. The van der Waals surface area contributed by atoms with E-state index in [0.717, 1.165) is 16.9 Å². The molecule has 1 rings (SSSR count). The first-order chi connectivity index (χ1) is 9.06. The van der Waals surface area contributed by atoms with E-state index in [1.54, 1.807) is 0 Å². The lowest BCUT2D eigenvalue weighted by atomic mass is 10.1. The third-order valence-electron chi connectivity index (χ3n) is 2.72. The Kier molecular flexibility index (Phi) is 6.32. The molecule has 0 saturated heterocycles. The van der Waals surface area contributed by atoms with Crippen LogP contribution in [0.2, 0.25) is 0 Å². The van der Waals surface area contributed by atoms with Crippen molar-refractivity contribution in [1.29, 1.82) is 0 Å². The summed E-state index contributed by atoms with van der Waals surface area (Å²) >= 11 is 0. The number of carbonyl (C=O) groups excluding carboxylic acids is 1. The second kappa shape index (κ2) is 7.76. The second-order valence-corrected chi connectivity index (χ2v) is 4.50. The second-order valence-electron chi connectivity index (χ2n) is 4.50. The van der Waals surface area contributed by atoms with Crippen molar-refractivity contribution in [3.05, 3.63) is 29.3 Å². The summed E-state index contributed by atoms with van der Waals surface area (Å²) < 4.78 is 5.53. The Balaban J connectivity index is 2.35. The minimum absolute atomic E-state index is 0.184. The van der Waals surface area contributed by atoms with Crippen molar-refractivity contribution in [2.45, 2.75) is 26.3 Å². The van der Waals surface area contributed by atoms with Crippen LogP contribution in [0.3, 0.4) is 0 Å². The molecule has 1 amide bonds. The number of hydrogen-bond donors (Lipinski definition) is 3. The highest BCUT2D eigenvalue weighted by Crippen LogP contribution is 2.18. The molecule has 5 nitrogen and oxygen atoms in total. The summed E-state index contributed by atoms with van der Waals surface area (Å²) in [7, 11) is 0. The molecule has 0 bridgehead atoms. The molecule has 0 aliphatic rings. The number of ether oxygens (including phenoxy) is 1. The monoisotopic (exact) mass is 267 g/mol. The minimum atomic E-state index is -0.603. The summed E-state index contributed by atoms with van der Waals surface area (Å²) in [6, 6.07) is 5.25. The molecule has 0 fully saturated rings. The van der Waals surface area contributed by atoms with Gasteiger partial charge in [-0.3, -0.25) is 4.79 Å². The summed E-state index contributed by atoms with van der Waals surface area (Å²) in [5.41, 5.74) is 2.19. The van der Waals surface area contributed by atoms with Crippen LogP contribution in [-0.2, 0) is 4.79 Å². The predicted octanol–water partition coefficient (Wildman–Crippen LogP) is 0.542. The zero-order valence-electron chi connectivity index (χ0n) is 11.3. The maximum atomic E-state index is 11.5. The number of rotatable bonds is 7. The number of carbonyl (C=O) groups is 1. The summed E-state index contributed by atoms with van der Waals surface area (Å²) in [6.07, 6.45) is 0.184. The third kappa shape index (κ3) is 5.28. The maximum Gasteiger partial charge on any atom is 0.223 e. The summed E-state index contributed by atoms with van der Waals surface area (Å²) in [5.74, 6) is 0.511. The van der Waals surface area contributed by atoms with Crippen LogP contribution in [0.5, 0.6) is 5.75 Å². The van der Waals surface area contributed by atoms with Crippen molar-refractivity contribution in [2.75, 3.05) is 19.8 Å². The van der Waals surface area contributed by atoms with Gasteiger partial charge in [-0.15, -0.1) is 0 Å². The van der Waals surface area contributed by atoms with Crippen LogP contribution in [0, 0.1) is 13.8 Å². The molecule has 0 aliphatic heterocycles. The first-order valence-corrected chi connectivity index (χ1v) is 6.28. The molecule has 19 heavy (non-hydrogen) atoms. The molecule has 3 N–H and O–H groups in total. The van der Waals surface area contributed by atoms with Crippen LogP contribution in [0.25, 0.3) is 0 Å². The summed E-state index contributed by atoms with van der Waals surface area (Å²) in [5, 5.41) is 20.2. The molecular weight excluding hydrogens is 246 g/mol. The maximum absolute atomic E-state index is 11.5. The standard InChI is InChI=1S/C14H21NO4/c1-10-3-4-13(11(2)7-10)19-6-5-14(18)15-12(8-16)9-17/h3-4,7,12,16-17H,5-6,8-9H2,1-2H3,(H,15,18). The van der Waals surface area contributed by atoms with Crippen LogP contribution in [-0.4, -0.2) is 42.0 Å². The number of aliphatic hydroxyl groups excluding tert-OH is 2. The molecule has 5 heteroatoms. The average molecular weight is 267 g/mol. The van der Waals surface area contributed by atoms with Gasteiger partial charge < -0.3 is 20.3 Å². The summed E-state index contributed by atoms with van der Waals surface area (Å²) in [6.45, 7) is 3.67. The topological polar surface area (TPSA) is 78.8 Å². The smallest absolute Gasteiger partial charge is 0.223 e. The first-order valence-electron chi connectivity index (χ1n) is 6.28. The van der Waals surface area contributed by atoms with Crippen molar-refractivity contribution < 1.29 is 19.7 Å². The highest BCUT2D eigenvalue weighted by molar-refractivity contribution is 5.76. The van der Waals surface area contributed by atoms with Gasteiger partial charge in [-0.05, 0) is 25.5 Å². The molecule has 106 valence electrons. The SMILES string of the molecule is Cc1ccc(OCCC(=O)NC(CO)CO)c(C)c1. The fraction of sp³-hybridized carbons (Fsp3) is 0.500. The Morgan fingerprint density at radius 2 is 2.00 bits per heavy atom. The van der Waals surface area contributed by atoms with Crippen molar-refractivity contribution in [2.24, 2.45) is 0 Å². The van der Waals surface area contributed by atoms with Crippen LogP contribution >= 0.6 is 0 Å². The lowest BCUT2D eigenvalue weighted by molar-refractivity contribution is -0.122. The first kappa shape index (κ1) is 15.5. The third-order valence-corrected chi connectivity index (χ3v) is 2.72. The van der Waals surface area contributed by atoms with Gasteiger partial charge in [0.1, 0.15) is 5.75 Å². The number of aliphatic hydroxyl groups is 2. The molecule has 1 aromatic rings. The normalized spacial score (nSPS) is 10.6. The number of aryl methyl sites for hydroxylation is 2. The van der Waals surface area contributed by atoms with E-state index in [-0.39, 0.29) is 32.1 Å². The Morgan fingerprint density at radius 3 is 2.58 bits per heavy atom. The van der Waals surface area contributed by atoms with Crippen LogP contribution < -0.4 is 10.1 Å². The zero-order chi connectivity index (χ0) is 14.3. The van der Waals surface area contributed by atoms with Gasteiger partial charge in [-0.25, -0.2) is 0 Å². The molecule has 0 radical (unpaired) electrons. The molecule has 0 unspecified atom stereocenters. The number of nitrogens with one attached hydrogen (secondary N) is 1. The molecular formula is C14H21NO4. The highest BCUT2D eigenvalue weighted by Gasteiger charge is 2.10. The fourth-order valence-electron chi connectivity index (χ4n) is 1.66. The van der Waals surface area contributed by atoms with E-state index >= 15 is 0 Å². The van der Waals surface area contributed by atoms with E-state index in [9.17, 15) is 4.79 Å². The Labute approximate surface area is 113 Å². The number of amides is 1. The van der Waals surface area contributed by atoms with E-state index in [4.69, 9.17) is 14.9 Å². The van der Waals surface area contributed by atoms with E-state index in [0.29, 0.717) is 0 Å². The van der Waals surface area contributed by atoms with Crippen molar-refractivity contribution in [3.63, 3.8) is 0 Å². The van der Waals surface area contributed by atoms with Crippen molar-refractivity contribution >= 4 is 5.91 Å². The van der Waals surface area contributed by atoms with E-state index < -0.39 is 6.04 Å². The number of hydrogen-bond acceptors (Lipinski definition) is 4. The molecule has 0 aliphatic carbocycles. The lowest BCUT2D eigenvalue weighted by Gasteiger charge is -2.14. The molecule has 0 spiro atoms. The molecule has 0 atom stereocenters. The van der Waals surface area contributed by atoms with Gasteiger partial charge in [0.2, 0.25) is 5.91 Å². The highest BCUT2D eigenvalue weighted by atomic mass is 16.5. The molecule has 0 saturated carbocycles. The van der Waals surface area contributed by atoms with Gasteiger partial charge >= 0.3 is 0 Å². The van der Waals surface area contributed by atoms with E-state index in [1.807, 2.05) is 32.0 Å². The lowest BCUT2D eigenvalue weighted by Crippen LogP contribution is -2.40. The number of benzene rings is 1. The quantitative estimate of drug-likeness (QED) is 0.674. The van der Waals surface area contributed by atoms with E-state index in [2.05, 4.69) is 5.32 Å². The summed E-state index contributed by atoms with van der Waals surface area (Å²) in [4.78, 5) is 11.5. The van der Waals surface area contributed by atoms with Gasteiger partial charge in [-0.2, -0.15) is 0 Å². The fourth-order valence-corrected chi connectivity index (χ4v) is 1.66. The average Bonchev–Trinajstić information content (AvgIpc) is 2.38. The van der Waals surface area contributed by atoms with Gasteiger partial charge in [0.15, 0.2) is 0 Å². The molecule has 0 aromatic heterocycles. The minimum Gasteiger partial charge on any atom is -0.493 e. The Hall–Kier alpha value is -1.59. The molecule has 1 aromatic carbocycles. The van der Waals surface area contributed by atoms with Crippen LogP contribution in [0.1, 0.15) is 17.5 Å². The van der Waals surface area contributed by atoms with E-state index in [1.165, 1.54) is 0 Å². The van der Waals surface area contributed by atoms with Crippen LogP contribution in [0.15, 0.2) is 18.2 Å². The van der Waals surface area contributed by atoms with Gasteiger partial charge in [-0.1, -0.05) is 17.7 Å². The molecule has 0 heterocycles. The van der Waals surface area contributed by atoms with Crippen LogP contribution in [0.4, 0.5) is 0 Å². The largest absolute Gasteiger partial charge is 0.493 e. The predicted molar refractivity (Wildman–Crippen MR) is 72.1 cm³/mol. The van der Waals surface area contributed by atoms with Gasteiger partial charge in [0.25, 0.3) is 0 Å². The van der Waals surface area contributed by atoms with Crippen molar-refractivity contribution in [3.8, 4) is 5.75 Å². The van der Waals surface area contributed by atoms with Gasteiger partial charge in [0, 0.05) is 0 Å². The Bertz CT molecular complexity index is 416. The Morgan fingerprint density at radius 1 is 1.32 bits per heavy atom. The van der Waals surface area contributed by atoms with Gasteiger partial charge in [0.05, 0.1) is 32.3 Å². The van der Waals surface area contributed by atoms with Crippen molar-refractivity contribution in [1.82, 2.24) is 5.32 Å².